The minimum atomic E-state index is -3.60. The summed E-state index contributed by atoms with van der Waals surface area (Å²) in [5, 5.41) is 0. The maximum atomic E-state index is 13.3. The molecule has 1 saturated heterocycles. The van der Waals surface area contributed by atoms with Gasteiger partial charge in [0.25, 0.3) is 5.56 Å². The molecule has 0 amide bonds. The molecule has 0 atom stereocenters. The summed E-state index contributed by atoms with van der Waals surface area (Å²) in [5.74, 6) is 2.11. The van der Waals surface area contributed by atoms with Gasteiger partial charge in [-0.15, -0.1) is 0 Å². The van der Waals surface area contributed by atoms with E-state index in [9.17, 15) is 18.0 Å². The third-order valence-electron chi connectivity index (χ3n) is 7.60. The van der Waals surface area contributed by atoms with Gasteiger partial charge in [0, 0.05) is 30.8 Å². The van der Waals surface area contributed by atoms with Gasteiger partial charge in [-0.2, -0.15) is 4.31 Å². The molecule has 5 fully saturated rings. The van der Waals surface area contributed by atoms with E-state index in [2.05, 4.69) is 0 Å². The SMILES string of the molecule is O=C(Cn1cc(S(=O)(=O)N2CCCC2)ccc1=O)C12CC3CC(CC(C3)C1)C2. The zero-order valence-electron chi connectivity index (χ0n) is 16.2. The Morgan fingerprint density at radius 1 is 1.00 bits per heavy atom. The molecule has 5 aliphatic rings. The highest BCUT2D eigenvalue weighted by Gasteiger charge is 2.54. The van der Waals surface area contributed by atoms with Crippen LogP contribution in [-0.2, 0) is 21.4 Å². The molecule has 0 unspecified atom stereocenters. The highest BCUT2D eigenvalue weighted by molar-refractivity contribution is 7.89. The Morgan fingerprint density at radius 3 is 2.14 bits per heavy atom. The van der Waals surface area contributed by atoms with Crippen LogP contribution in [-0.4, -0.2) is 36.2 Å². The van der Waals surface area contributed by atoms with E-state index in [1.807, 2.05) is 0 Å². The quantitative estimate of drug-likeness (QED) is 0.755. The molecule has 6 rings (SSSR count). The lowest BCUT2D eigenvalue weighted by molar-refractivity contribution is -0.144. The summed E-state index contributed by atoms with van der Waals surface area (Å²) in [6.07, 6.45) is 9.76. The van der Waals surface area contributed by atoms with Gasteiger partial charge in [0.05, 0.1) is 11.4 Å². The predicted octanol–water partition coefficient (Wildman–Crippen LogP) is 2.42. The molecule has 7 heteroatoms. The van der Waals surface area contributed by atoms with Crippen molar-refractivity contribution in [3.63, 3.8) is 0 Å². The molecule has 0 N–H and O–H groups in total. The van der Waals surface area contributed by atoms with E-state index in [1.165, 1.54) is 46.5 Å². The number of nitrogens with zero attached hydrogens (tertiary/aromatic N) is 2. The fourth-order valence-corrected chi connectivity index (χ4v) is 8.18. The lowest BCUT2D eigenvalue weighted by atomic mass is 9.48. The van der Waals surface area contributed by atoms with Crippen molar-refractivity contribution in [2.45, 2.75) is 62.8 Å². The number of pyridine rings is 1. The minimum Gasteiger partial charge on any atom is -0.307 e. The van der Waals surface area contributed by atoms with Crippen LogP contribution in [0.1, 0.15) is 51.4 Å². The van der Waals surface area contributed by atoms with Gasteiger partial charge in [-0.3, -0.25) is 9.59 Å². The van der Waals surface area contributed by atoms with Crippen molar-refractivity contribution in [1.29, 1.82) is 0 Å². The van der Waals surface area contributed by atoms with Crippen LogP contribution in [0.3, 0.4) is 0 Å². The van der Waals surface area contributed by atoms with Gasteiger partial charge in [0.1, 0.15) is 0 Å². The van der Waals surface area contributed by atoms with E-state index in [0.717, 1.165) is 32.1 Å². The van der Waals surface area contributed by atoms with Gasteiger partial charge in [0.15, 0.2) is 5.78 Å². The summed E-state index contributed by atoms with van der Waals surface area (Å²) in [5.41, 5.74) is -0.587. The Labute approximate surface area is 166 Å². The zero-order valence-corrected chi connectivity index (χ0v) is 17.0. The van der Waals surface area contributed by atoms with Crippen LogP contribution in [0.25, 0.3) is 0 Å². The number of carbonyl (C=O) groups is 1. The highest BCUT2D eigenvalue weighted by Crippen LogP contribution is 2.60. The molecule has 6 nitrogen and oxygen atoms in total. The monoisotopic (exact) mass is 404 g/mol. The molecule has 4 aliphatic carbocycles. The van der Waals surface area contributed by atoms with E-state index in [1.54, 1.807) is 0 Å². The first-order valence-corrected chi connectivity index (χ1v) is 12.0. The molecular weight excluding hydrogens is 376 g/mol. The first-order valence-electron chi connectivity index (χ1n) is 10.6. The van der Waals surface area contributed by atoms with Gasteiger partial charge < -0.3 is 4.57 Å². The molecule has 1 aromatic heterocycles. The van der Waals surface area contributed by atoms with Crippen LogP contribution < -0.4 is 5.56 Å². The Kier molecular flexibility index (Phi) is 4.32. The smallest absolute Gasteiger partial charge is 0.250 e. The molecule has 4 saturated carbocycles. The summed E-state index contributed by atoms with van der Waals surface area (Å²) >= 11 is 0. The van der Waals surface area contributed by atoms with E-state index >= 15 is 0 Å². The Bertz CT molecular complexity index is 924. The minimum absolute atomic E-state index is 0.00560. The molecule has 0 radical (unpaired) electrons. The number of ketones is 1. The van der Waals surface area contributed by atoms with Crippen molar-refractivity contribution >= 4 is 15.8 Å². The van der Waals surface area contributed by atoms with Crippen molar-refractivity contribution in [2.75, 3.05) is 13.1 Å². The van der Waals surface area contributed by atoms with Gasteiger partial charge in [0.2, 0.25) is 10.0 Å². The Hall–Kier alpha value is -1.47. The summed E-state index contributed by atoms with van der Waals surface area (Å²) in [6, 6.07) is 2.66. The molecule has 152 valence electrons. The molecule has 2 heterocycles. The van der Waals surface area contributed by atoms with E-state index in [4.69, 9.17) is 0 Å². The molecule has 28 heavy (non-hydrogen) atoms. The second-order valence-corrected chi connectivity index (χ2v) is 11.5. The summed E-state index contributed by atoms with van der Waals surface area (Å²) in [6.45, 7) is 1.04. The first-order chi connectivity index (χ1) is 13.4. The van der Waals surface area contributed by atoms with Gasteiger partial charge in [-0.05, 0) is 75.2 Å². The Balaban J connectivity index is 1.41. The zero-order chi connectivity index (χ0) is 19.5. The molecule has 1 aromatic rings. The first kappa shape index (κ1) is 18.6. The lowest BCUT2D eigenvalue weighted by Crippen LogP contribution is -2.51. The normalized spacial score (nSPS) is 34.8. The van der Waals surface area contributed by atoms with Crippen LogP contribution in [0.5, 0.6) is 0 Å². The van der Waals surface area contributed by atoms with Crippen LogP contribution in [0.2, 0.25) is 0 Å². The van der Waals surface area contributed by atoms with Gasteiger partial charge >= 0.3 is 0 Å². The van der Waals surface area contributed by atoms with E-state index < -0.39 is 10.0 Å². The van der Waals surface area contributed by atoms with Crippen LogP contribution in [0.4, 0.5) is 0 Å². The number of Topliss-reactive ketones (excluding diaryl/α,β-unsaturated/α-hetero) is 1. The standard InChI is InChI=1S/C21H28N2O4S/c24-19(21-10-15-7-16(11-21)9-17(8-15)12-21)14-22-13-18(3-4-20(22)25)28(26,27)23-5-1-2-6-23/h3-4,13,15-17H,1-2,5-12,14H2. The molecular formula is C21H28N2O4S. The van der Waals surface area contributed by atoms with Crippen LogP contribution in [0, 0.1) is 23.2 Å². The number of aromatic nitrogens is 1. The Morgan fingerprint density at radius 2 is 1.57 bits per heavy atom. The molecule has 0 aromatic carbocycles. The van der Waals surface area contributed by atoms with Crippen LogP contribution >= 0.6 is 0 Å². The number of sulfonamides is 1. The maximum Gasteiger partial charge on any atom is 0.250 e. The number of hydrogen-bond acceptors (Lipinski definition) is 4. The van der Waals surface area contributed by atoms with Gasteiger partial charge in [-0.25, -0.2) is 8.42 Å². The topological polar surface area (TPSA) is 76.5 Å². The van der Waals surface area contributed by atoms with Crippen molar-refractivity contribution < 1.29 is 13.2 Å². The summed E-state index contributed by atoms with van der Waals surface area (Å²) in [4.78, 5) is 25.8. The second kappa shape index (κ2) is 6.52. The number of rotatable bonds is 5. The van der Waals surface area contributed by atoms with Crippen molar-refractivity contribution in [3.8, 4) is 0 Å². The van der Waals surface area contributed by atoms with Crippen molar-refractivity contribution in [3.05, 3.63) is 28.7 Å². The molecule has 0 spiro atoms. The third kappa shape index (κ3) is 2.98. The predicted molar refractivity (Wildman–Crippen MR) is 104 cm³/mol. The third-order valence-corrected chi connectivity index (χ3v) is 9.49. The summed E-state index contributed by atoms with van der Waals surface area (Å²) < 4.78 is 28.5. The average Bonchev–Trinajstić information content (AvgIpc) is 3.18. The average molecular weight is 405 g/mol. The van der Waals surface area contributed by atoms with Crippen LogP contribution in [0.15, 0.2) is 28.0 Å². The van der Waals surface area contributed by atoms with Gasteiger partial charge in [-0.1, -0.05) is 0 Å². The fraction of sp³-hybridized carbons (Fsp3) is 0.714. The largest absolute Gasteiger partial charge is 0.307 e. The fourth-order valence-electron chi connectivity index (χ4n) is 6.64. The number of hydrogen-bond donors (Lipinski definition) is 0. The lowest BCUT2D eigenvalue weighted by Gasteiger charge is -2.56. The summed E-state index contributed by atoms with van der Waals surface area (Å²) in [7, 11) is -3.60. The second-order valence-electron chi connectivity index (χ2n) is 9.56. The van der Waals surface area contributed by atoms with Crippen molar-refractivity contribution in [1.82, 2.24) is 8.87 Å². The van der Waals surface area contributed by atoms with E-state index in [-0.39, 0.29) is 28.2 Å². The van der Waals surface area contributed by atoms with E-state index in [0.29, 0.717) is 30.8 Å². The molecule has 4 bridgehead atoms. The highest BCUT2D eigenvalue weighted by atomic mass is 32.2. The molecule has 1 aliphatic heterocycles. The maximum absolute atomic E-state index is 13.3. The van der Waals surface area contributed by atoms with Crippen molar-refractivity contribution in [2.24, 2.45) is 23.2 Å². The number of carbonyl (C=O) groups excluding carboxylic acids is 1.